The van der Waals surface area contributed by atoms with E-state index in [1.54, 1.807) is 31.4 Å². The summed E-state index contributed by atoms with van der Waals surface area (Å²) in [6.45, 7) is 0.312. The highest BCUT2D eigenvalue weighted by Gasteiger charge is 2.15. The van der Waals surface area contributed by atoms with E-state index < -0.39 is 5.97 Å². The third-order valence-electron chi connectivity index (χ3n) is 3.63. The molecule has 122 valence electrons. The Balaban J connectivity index is 1.93. The van der Waals surface area contributed by atoms with Crippen LogP contribution in [0, 0.1) is 5.82 Å². The number of nitrogens with zero attached hydrogens (tertiary/aromatic N) is 2. The zero-order valence-corrected chi connectivity index (χ0v) is 12.9. The summed E-state index contributed by atoms with van der Waals surface area (Å²) in [5.74, 6) is -0.691. The summed E-state index contributed by atoms with van der Waals surface area (Å²) in [5.41, 5.74) is 2.12. The number of benzene rings is 2. The lowest BCUT2D eigenvalue weighted by molar-refractivity contribution is 0.0684. The molecule has 2 aromatic carbocycles. The van der Waals surface area contributed by atoms with Crippen molar-refractivity contribution in [2.45, 2.75) is 6.54 Å². The number of carboxylic acid groups (broad SMARTS) is 1. The second-order valence-electron chi connectivity index (χ2n) is 5.23. The fraction of sp³-hybridized carbons (Fsp3) is 0.111. The maximum atomic E-state index is 13.0. The van der Waals surface area contributed by atoms with Crippen molar-refractivity contribution in [3.63, 3.8) is 0 Å². The van der Waals surface area contributed by atoms with E-state index in [9.17, 15) is 14.3 Å². The van der Waals surface area contributed by atoms with Gasteiger partial charge in [0.25, 0.3) is 0 Å². The molecule has 0 aliphatic rings. The largest absolute Gasteiger partial charge is 0.497 e. The highest BCUT2D eigenvalue weighted by Crippen LogP contribution is 2.21. The quantitative estimate of drug-likeness (QED) is 0.780. The first kappa shape index (κ1) is 15.7. The summed E-state index contributed by atoms with van der Waals surface area (Å²) in [6.07, 6.45) is 0. The van der Waals surface area contributed by atoms with Crippen LogP contribution in [0.2, 0.25) is 0 Å². The minimum absolute atomic E-state index is 0.0742. The molecule has 0 unspecified atom stereocenters. The van der Waals surface area contributed by atoms with E-state index in [1.807, 2.05) is 12.1 Å². The molecule has 0 aliphatic heterocycles. The van der Waals surface area contributed by atoms with Crippen molar-refractivity contribution in [2.75, 3.05) is 7.11 Å². The third-order valence-corrected chi connectivity index (χ3v) is 3.63. The first-order valence-electron chi connectivity index (χ1n) is 7.27. The Bertz CT molecular complexity index is 855. The second-order valence-corrected chi connectivity index (χ2v) is 5.23. The Kier molecular flexibility index (Phi) is 4.29. The summed E-state index contributed by atoms with van der Waals surface area (Å²) in [4.78, 5) is 11.5. The lowest BCUT2D eigenvalue weighted by Gasteiger charge is -2.06. The molecule has 5 nitrogen and oxygen atoms in total. The van der Waals surface area contributed by atoms with Crippen LogP contribution in [0.5, 0.6) is 5.75 Å². The highest BCUT2D eigenvalue weighted by molar-refractivity contribution is 5.87. The number of ether oxygens (including phenoxy) is 1. The molecule has 1 heterocycles. The van der Waals surface area contributed by atoms with Crippen LogP contribution in [0.15, 0.2) is 54.6 Å². The molecular formula is C18H15FN2O3. The molecule has 0 fully saturated rings. The van der Waals surface area contributed by atoms with Gasteiger partial charge in [-0.15, -0.1) is 0 Å². The zero-order chi connectivity index (χ0) is 17.1. The molecule has 0 aliphatic carbocycles. The predicted octanol–water partition coefficient (Wildman–Crippen LogP) is 3.44. The average molecular weight is 326 g/mol. The second kappa shape index (κ2) is 6.54. The molecule has 0 radical (unpaired) electrons. The van der Waals surface area contributed by atoms with E-state index >= 15 is 0 Å². The van der Waals surface area contributed by atoms with Crippen LogP contribution < -0.4 is 4.74 Å². The topological polar surface area (TPSA) is 64.4 Å². The van der Waals surface area contributed by atoms with Crippen molar-refractivity contribution in [3.05, 3.63) is 71.7 Å². The molecule has 3 aromatic rings. The van der Waals surface area contributed by atoms with Gasteiger partial charge in [0.1, 0.15) is 17.3 Å². The molecule has 24 heavy (non-hydrogen) atoms. The van der Waals surface area contributed by atoms with Crippen LogP contribution >= 0.6 is 0 Å². The number of aromatic nitrogens is 2. The number of carboxylic acids is 1. The Hall–Kier alpha value is -3.15. The molecule has 1 aromatic heterocycles. The maximum Gasteiger partial charge on any atom is 0.354 e. The van der Waals surface area contributed by atoms with Crippen molar-refractivity contribution >= 4 is 5.97 Å². The third kappa shape index (κ3) is 3.27. The zero-order valence-electron chi connectivity index (χ0n) is 12.9. The van der Waals surface area contributed by atoms with Gasteiger partial charge in [-0.05, 0) is 48.0 Å². The van der Waals surface area contributed by atoms with Crippen LogP contribution in [-0.4, -0.2) is 28.0 Å². The first-order chi connectivity index (χ1) is 11.6. The molecule has 0 saturated carbocycles. The van der Waals surface area contributed by atoms with E-state index in [1.165, 1.54) is 22.9 Å². The minimum atomic E-state index is -1.07. The van der Waals surface area contributed by atoms with Gasteiger partial charge >= 0.3 is 5.97 Å². The van der Waals surface area contributed by atoms with E-state index in [4.69, 9.17) is 4.74 Å². The molecular weight excluding hydrogens is 311 g/mol. The number of hydrogen-bond donors (Lipinski definition) is 1. The molecule has 1 N–H and O–H groups in total. The van der Waals surface area contributed by atoms with Gasteiger partial charge in [-0.3, -0.25) is 4.68 Å². The Labute approximate surface area is 137 Å². The summed E-state index contributed by atoms with van der Waals surface area (Å²) in [5, 5.41) is 13.7. The van der Waals surface area contributed by atoms with Gasteiger partial charge in [0.15, 0.2) is 0 Å². The van der Waals surface area contributed by atoms with Crippen LogP contribution in [0.4, 0.5) is 4.39 Å². The molecule has 0 saturated heterocycles. The van der Waals surface area contributed by atoms with E-state index in [0.29, 0.717) is 17.8 Å². The fourth-order valence-electron chi connectivity index (χ4n) is 2.38. The van der Waals surface area contributed by atoms with Gasteiger partial charge in [0, 0.05) is 5.56 Å². The Morgan fingerprint density at radius 1 is 1.17 bits per heavy atom. The lowest BCUT2D eigenvalue weighted by atomic mass is 10.1. The predicted molar refractivity (Wildman–Crippen MR) is 86.7 cm³/mol. The minimum Gasteiger partial charge on any atom is -0.497 e. The van der Waals surface area contributed by atoms with Crippen LogP contribution in [0.3, 0.4) is 0 Å². The van der Waals surface area contributed by atoms with Crippen molar-refractivity contribution in [1.82, 2.24) is 9.78 Å². The monoisotopic (exact) mass is 326 g/mol. The van der Waals surface area contributed by atoms with Crippen molar-refractivity contribution in [1.29, 1.82) is 0 Å². The molecule has 6 heteroatoms. The van der Waals surface area contributed by atoms with E-state index in [2.05, 4.69) is 5.10 Å². The van der Waals surface area contributed by atoms with E-state index in [0.717, 1.165) is 11.3 Å². The van der Waals surface area contributed by atoms with Crippen LogP contribution in [-0.2, 0) is 6.54 Å². The Morgan fingerprint density at radius 3 is 2.42 bits per heavy atom. The Morgan fingerprint density at radius 2 is 1.83 bits per heavy atom. The molecule has 3 rings (SSSR count). The maximum absolute atomic E-state index is 13.0. The molecule has 0 spiro atoms. The van der Waals surface area contributed by atoms with Gasteiger partial charge in [-0.2, -0.15) is 5.10 Å². The number of aromatic carboxylic acids is 1. The van der Waals surface area contributed by atoms with Crippen molar-refractivity contribution < 1.29 is 19.0 Å². The number of hydrogen-bond acceptors (Lipinski definition) is 3. The summed E-state index contributed by atoms with van der Waals surface area (Å²) < 4.78 is 19.6. The normalized spacial score (nSPS) is 10.6. The van der Waals surface area contributed by atoms with Gasteiger partial charge in [0.05, 0.1) is 19.3 Å². The number of rotatable bonds is 5. The SMILES string of the molecule is COc1ccc(Cn2nc(-c3ccc(F)cc3)cc2C(=O)O)cc1. The summed E-state index contributed by atoms with van der Waals surface area (Å²) >= 11 is 0. The molecule has 0 amide bonds. The number of carbonyl (C=O) groups is 1. The van der Waals surface area contributed by atoms with Crippen LogP contribution in [0.1, 0.15) is 16.1 Å². The smallest absolute Gasteiger partial charge is 0.354 e. The van der Waals surface area contributed by atoms with Gasteiger partial charge in [0.2, 0.25) is 0 Å². The summed E-state index contributed by atoms with van der Waals surface area (Å²) in [6, 6.07) is 14.6. The fourth-order valence-corrected chi connectivity index (χ4v) is 2.38. The van der Waals surface area contributed by atoms with Gasteiger partial charge < -0.3 is 9.84 Å². The average Bonchev–Trinajstić information content (AvgIpc) is 3.00. The first-order valence-corrected chi connectivity index (χ1v) is 7.27. The van der Waals surface area contributed by atoms with Gasteiger partial charge in [-0.1, -0.05) is 12.1 Å². The molecule has 0 bridgehead atoms. The number of halogens is 1. The van der Waals surface area contributed by atoms with Crippen molar-refractivity contribution in [3.8, 4) is 17.0 Å². The highest BCUT2D eigenvalue weighted by atomic mass is 19.1. The standard InChI is InChI=1S/C18H15FN2O3/c1-24-15-8-2-12(3-9-15)11-21-17(18(22)23)10-16(20-21)13-4-6-14(19)7-5-13/h2-10H,11H2,1H3,(H,22,23). The summed E-state index contributed by atoms with van der Waals surface area (Å²) in [7, 11) is 1.58. The van der Waals surface area contributed by atoms with E-state index in [-0.39, 0.29) is 11.5 Å². The number of methoxy groups -OCH3 is 1. The van der Waals surface area contributed by atoms with Gasteiger partial charge in [-0.25, -0.2) is 9.18 Å². The lowest BCUT2D eigenvalue weighted by Crippen LogP contribution is -2.10. The molecule has 0 atom stereocenters. The van der Waals surface area contributed by atoms with Crippen molar-refractivity contribution in [2.24, 2.45) is 0 Å². The van der Waals surface area contributed by atoms with Crippen LogP contribution in [0.25, 0.3) is 11.3 Å².